The molecule has 21 heavy (non-hydrogen) atoms. The predicted molar refractivity (Wildman–Crippen MR) is 71.5 cm³/mol. The summed E-state index contributed by atoms with van der Waals surface area (Å²) in [7, 11) is 0. The zero-order valence-corrected chi connectivity index (χ0v) is 10.9. The van der Waals surface area contributed by atoms with Gasteiger partial charge in [0.15, 0.2) is 0 Å². The average Bonchev–Trinajstić information content (AvgIpc) is 2.90. The lowest BCUT2D eigenvalue weighted by Gasteiger charge is -2.14. The number of alkyl halides is 3. The van der Waals surface area contributed by atoms with Crippen molar-refractivity contribution in [3.05, 3.63) is 47.9 Å². The van der Waals surface area contributed by atoms with Crippen molar-refractivity contribution in [2.45, 2.75) is 19.0 Å². The highest BCUT2D eigenvalue weighted by Gasteiger charge is 2.34. The van der Waals surface area contributed by atoms with Gasteiger partial charge in [-0.05, 0) is 30.3 Å². The van der Waals surface area contributed by atoms with E-state index in [4.69, 9.17) is 10.2 Å². The maximum atomic E-state index is 12.9. The van der Waals surface area contributed by atoms with E-state index in [9.17, 15) is 18.0 Å². The first-order chi connectivity index (χ1) is 9.86. The molecule has 4 nitrogen and oxygen atoms in total. The van der Waals surface area contributed by atoms with E-state index in [0.717, 1.165) is 12.1 Å². The van der Waals surface area contributed by atoms with Gasteiger partial charge in [-0.1, -0.05) is 0 Å². The molecule has 2 rings (SSSR count). The molecule has 1 heterocycles. The van der Waals surface area contributed by atoms with E-state index in [0.29, 0.717) is 12.2 Å². The Morgan fingerprint density at radius 1 is 1.29 bits per heavy atom. The third-order valence-electron chi connectivity index (χ3n) is 2.80. The zero-order valence-electron chi connectivity index (χ0n) is 10.9. The molecule has 1 aromatic heterocycles. The fourth-order valence-corrected chi connectivity index (χ4v) is 1.81. The van der Waals surface area contributed by atoms with E-state index in [1.807, 2.05) is 0 Å². The molecule has 0 aliphatic rings. The number of carbonyl (C=O) groups is 1. The quantitative estimate of drug-likeness (QED) is 0.849. The normalized spacial score (nSPS) is 11.4. The number of aryl methyl sites for hydroxylation is 1. The second-order valence-corrected chi connectivity index (χ2v) is 4.43. The summed E-state index contributed by atoms with van der Waals surface area (Å²) in [5.41, 5.74) is 4.07. The van der Waals surface area contributed by atoms with Gasteiger partial charge in [-0.3, -0.25) is 4.79 Å². The summed E-state index contributed by atoms with van der Waals surface area (Å²) in [6, 6.07) is 6.61. The number of halogens is 3. The van der Waals surface area contributed by atoms with Crippen LogP contribution in [0.25, 0.3) is 0 Å². The number of hydrogen-bond donors (Lipinski definition) is 2. The summed E-state index contributed by atoms with van der Waals surface area (Å²) in [5, 5.41) is 2.25. The third-order valence-corrected chi connectivity index (χ3v) is 2.80. The summed E-state index contributed by atoms with van der Waals surface area (Å²) in [4.78, 5) is 11.7. The Labute approximate surface area is 118 Å². The largest absolute Gasteiger partial charge is 0.469 e. The van der Waals surface area contributed by atoms with Crippen molar-refractivity contribution in [2.24, 2.45) is 0 Å². The van der Waals surface area contributed by atoms with Crippen molar-refractivity contribution >= 4 is 17.3 Å². The van der Waals surface area contributed by atoms with Crippen LogP contribution in [0, 0.1) is 0 Å². The van der Waals surface area contributed by atoms with Gasteiger partial charge < -0.3 is 15.5 Å². The molecule has 0 aliphatic heterocycles. The zero-order chi connectivity index (χ0) is 15.5. The molecule has 0 saturated carbocycles. The van der Waals surface area contributed by atoms with Crippen molar-refractivity contribution in [1.29, 1.82) is 0 Å². The van der Waals surface area contributed by atoms with Gasteiger partial charge in [0, 0.05) is 18.5 Å². The van der Waals surface area contributed by atoms with E-state index >= 15 is 0 Å². The number of rotatable bonds is 4. The molecule has 0 spiro atoms. The van der Waals surface area contributed by atoms with Gasteiger partial charge in [0.05, 0.1) is 17.5 Å². The van der Waals surface area contributed by atoms with Crippen molar-refractivity contribution < 1.29 is 22.4 Å². The predicted octanol–water partition coefficient (Wildman–Crippen LogP) is 3.45. The van der Waals surface area contributed by atoms with Gasteiger partial charge in [0.1, 0.15) is 5.76 Å². The van der Waals surface area contributed by atoms with Crippen molar-refractivity contribution in [2.75, 3.05) is 11.1 Å². The summed E-state index contributed by atoms with van der Waals surface area (Å²) >= 11 is 0. The minimum atomic E-state index is -4.58. The molecule has 0 atom stereocenters. The highest BCUT2D eigenvalue weighted by molar-refractivity contribution is 5.92. The molecule has 3 N–H and O–H groups in total. The van der Waals surface area contributed by atoms with Crippen LogP contribution in [-0.2, 0) is 17.4 Å². The minimum Gasteiger partial charge on any atom is -0.469 e. The van der Waals surface area contributed by atoms with Crippen LogP contribution in [0.15, 0.2) is 41.0 Å². The van der Waals surface area contributed by atoms with Gasteiger partial charge >= 0.3 is 6.18 Å². The lowest BCUT2D eigenvalue weighted by molar-refractivity contribution is -0.136. The first-order valence-corrected chi connectivity index (χ1v) is 6.15. The monoisotopic (exact) mass is 298 g/mol. The van der Waals surface area contributed by atoms with Crippen LogP contribution in [0.2, 0.25) is 0 Å². The van der Waals surface area contributed by atoms with Gasteiger partial charge in [-0.25, -0.2) is 0 Å². The average molecular weight is 298 g/mol. The van der Waals surface area contributed by atoms with E-state index < -0.39 is 17.6 Å². The highest BCUT2D eigenvalue weighted by Crippen LogP contribution is 2.36. The summed E-state index contributed by atoms with van der Waals surface area (Å²) in [5.74, 6) is 0.0696. The molecular formula is C14H13F3N2O2. The Morgan fingerprint density at radius 3 is 2.67 bits per heavy atom. The molecule has 7 heteroatoms. The molecule has 0 saturated heterocycles. The van der Waals surface area contributed by atoms with Crippen molar-refractivity contribution in [3.8, 4) is 0 Å². The SMILES string of the molecule is Nc1ccc(NC(=O)CCc2ccco2)c(C(F)(F)F)c1. The van der Waals surface area contributed by atoms with Gasteiger partial charge in [0.25, 0.3) is 0 Å². The summed E-state index contributed by atoms with van der Waals surface area (Å²) < 4.78 is 43.6. The first-order valence-electron chi connectivity index (χ1n) is 6.15. The molecule has 1 aromatic carbocycles. The number of furan rings is 1. The number of amides is 1. The first kappa shape index (κ1) is 15.0. The number of benzene rings is 1. The number of anilines is 2. The smallest absolute Gasteiger partial charge is 0.418 e. The Bertz CT molecular complexity index is 622. The topological polar surface area (TPSA) is 68.3 Å². The standard InChI is InChI=1S/C14H13F3N2O2/c15-14(16,17)11-8-9(18)3-5-12(11)19-13(20)6-4-10-2-1-7-21-10/h1-3,5,7-8H,4,6,18H2,(H,19,20). The molecular weight excluding hydrogens is 285 g/mol. The lowest BCUT2D eigenvalue weighted by Crippen LogP contribution is -2.17. The fourth-order valence-electron chi connectivity index (χ4n) is 1.81. The molecule has 2 aromatic rings. The van der Waals surface area contributed by atoms with Crippen LogP contribution < -0.4 is 11.1 Å². The van der Waals surface area contributed by atoms with E-state index in [-0.39, 0.29) is 17.8 Å². The third kappa shape index (κ3) is 4.01. The number of carbonyl (C=O) groups excluding carboxylic acids is 1. The molecule has 0 bridgehead atoms. The maximum absolute atomic E-state index is 12.9. The Hall–Kier alpha value is -2.44. The second-order valence-electron chi connectivity index (χ2n) is 4.43. The lowest BCUT2D eigenvalue weighted by atomic mass is 10.1. The van der Waals surface area contributed by atoms with Crippen LogP contribution in [0.4, 0.5) is 24.5 Å². The van der Waals surface area contributed by atoms with Crippen LogP contribution >= 0.6 is 0 Å². The Balaban J connectivity index is 2.06. The van der Waals surface area contributed by atoms with Crippen molar-refractivity contribution in [3.63, 3.8) is 0 Å². The number of nitrogens with one attached hydrogen (secondary N) is 1. The molecule has 0 fully saturated rings. The Morgan fingerprint density at radius 2 is 2.05 bits per heavy atom. The Kier molecular flexibility index (Phi) is 4.21. The van der Waals surface area contributed by atoms with Crippen LogP contribution in [-0.4, -0.2) is 5.91 Å². The van der Waals surface area contributed by atoms with Crippen LogP contribution in [0.5, 0.6) is 0 Å². The number of nitrogen functional groups attached to an aromatic ring is 1. The molecule has 0 aliphatic carbocycles. The molecule has 0 unspecified atom stereocenters. The number of nitrogens with two attached hydrogens (primary N) is 1. The maximum Gasteiger partial charge on any atom is 0.418 e. The van der Waals surface area contributed by atoms with E-state index in [1.165, 1.54) is 12.3 Å². The van der Waals surface area contributed by atoms with Gasteiger partial charge in [-0.2, -0.15) is 13.2 Å². The van der Waals surface area contributed by atoms with Crippen LogP contribution in [0.1, 0.15) is 17.7 Å². The second kappa shape index (κ2) is 5.90. The fraction of sp³-hybridized carbons (Fsp3) is 0.214. The minimum absolute atomic E-state index is 0.0177. The summed E-state index contributed by atoms with van der Waals surface area (Å²) in [6.07, 6.45) is -2.78. The summed E-state index contributed by atoms with van der Waals surface area (Å²) in [6.45, 7) is 0. The van der Waals surface area contributed by atoms with E-state index in [2.05, 4.69) is 5.32 Å². The van der Waals surface area contributed by atoms with Crippen LogP contribution in [0.3, 0.4) is 0 Å². The number of hydrogen-bond acceptors (Lipinski definition) is 3. The molecule has 1 amide bonds. The van der Waals surface area contributed by atoms with Gasteiger partial charge in [-0.15, -0.1) is 0 Å². The molecule has 112 valence electrons. The van der Waals surface area contributed by atoms with Gasteiger partial charge in [0.2, 0.25) is 5.91 Å². The van der Waals surface area contributed by atoms with E-state index in [1.54, 1.807) is 12.1 Å². The van der Waals surface area contributed by atoms with Crippen molar-refractivity contribution in [1.82, 2.24) is 0 Å². The molecule has 0 radical (unpaired) electrons. The highest BCUT2D eigenvalue weighted by atomic mass is 19.4.